The van der Waals surface area contributed by atoms with Crippen LogP contribution < -0.4 is 10.2 Å². The number of aliphatic imine (C=N–C) groups is 1. The van der Waals surface area contributed by atoms with Crippen LogP contribution in [-0.2, 0) is 9.47 Å². The Morgan fingerprint density at radius 1 is 1.12 bits per heavy atom. The van der Waals surface area contributed by atoms with E-state index in [0.717, 1.165) is 37.8 Å². The zero-order valence-electron chi connectivity index (χ0n) is 14.9. The Morgan fingerprint density at radius 3 is 2.40 bits per heavy atom. The van der Waals surface area contributed by atoms with Crippen molar-refractivity contribution >= 4 is 35.6 Å². The first-order valence-electron chi connectivity index (χ1n) is 8.27. The van der Waals surface area contributed by atoms with Gasteiger partial charge in [0.05, 0.1) is 19.8 Å². The Hall–Kier alpha value is -1.13. The lowest BCUT2D eigenvalue weighted by atomic mass is 10.2. The molecule has 0 bridgehead atoms. The van der Waals surface area contributed by atoms with Crippen LogP contribution in [0.1, 0.15) is 0 Å². The molecule has 0 radical (unpaired) electrons. The van der Waals surface area contributed by atoms with E-state index in [2.05, 4.69) is 20.1 Å². The Kier molecular flexibility index (Phi) is 10.7. The van der Waals surface area contributed by atoms with Gasteiger partial charge in [-0.15, -0.1) is 24.0 Å². The van der Waals surface area contributed by atoms with Gasteiger partial charge >= 0.3 is 0 Å². The molecule has 0 saturated carbocycles. The molecule has 6 nitrogen and oxygen atoms in total. The monoisotopic (exact) mass is 466 g/mol. The summed E-state index contributed by atoms with van der Waals surface area (Å²) in [6.45, 7) is 6.08. The van der Waals surface area contributed by atoms with E-state index in [1.807, 2.05) is 12.1 Å². The molecule has 25 heavy (non-hydrogen) atoms. The Bertz CT molecular complexity index is 508. The molecule has 0 aromatic heterocycles. The average molecular weight is 466 g/mol. The molecular formula is C17H28FIN4O2. The van der Waals surface area contributed by atoms with Crippen LogP contribution in [-0.4, -0.2) is 77.6 Å². The molecule has 1 saturated heterocycles. The number of methoxy groups -OCH3 is 1. The van der Waals surface area contributed by atoms with Gasteiger partial charge in [-0.2, -0.15) is 0 Å². The van der Waals surface area contributed by atoms with Gasteiger partial charge in [0.1, 0.15) is 5.82 Å². The van der Waals surface area contributed by atoms with Crippen LogP contribution >= 0.6 is 24.0 Å². The zero-order valence-corrected chi connectivity index (χ0v) is 17.2. The highest BCUT2D eigenvalue weighted by atomic mass is 127. The first-order valence-corrected chi connectivity index (χ1v) is 8.27. The summed E-state index contributed by atoms with van der Waals surface area (Å²) in [6, 6.07) is 6.67. The van der Waals surface area contributed by atoms with Crippen molar-refractivity contribution in [1.29, 1.82) is 0 Å². The van der Waals surface area contributed by atoms with Crippen LogP contribution in [0.25, 0.3) is 0 Å². The van der Waals surface area contributed by atoms with Crippen LogP contribution in [0.5, 0.6) is 0 Å². The summed E-state index contributed by atoms with van der Waals surface area (Å²) in [7, 11) is 3.45. The number of hydrogen-bond donors (Lipinski definition) is 1. The van der Waals surface area contributed by atoms with Crippen LogP contribution in [0, 0.1) is 5.82 Å². The predicted molar refractivity (Wildman–Crippen MR) is 110 cm³/mol. The fourth-order valence-electron chi connectivity index (χ4n) is 2.64. The lowest BCUT2D eigenvalue weighted by molar-refractivity contribution is 0.0731. The van der Waals surface area contributed by atoms with Crippen LogP contribution in [0.4, 0.5) is 10.1 Å². The van der Waals surface area contributed by atoms with Crippen LogP contribution in [0.15, 0.2) is 29.3 Å². The van der Waals surface area contributed by atoms with Crippen LogP contribution in [0.3, 0.4) is 0 Å². The van der Waals surface area contributed by atoms with E-state index in [1.165, 1.54) is 12.1 Å². The predicted octanol–water partition coefficient (Wildman–Crippen LogP) is 1.80. The molecule has 1 heterocycles. The topological polar surface area (TPSA) is 49.3 Å². The minimum Gasteiger partial charge on any atom is -0.382 e. The Labute approximate surface area is 166 Å². The van der Waals surface area contributed by atoms with Gasteiger partial charge in [0.15, 0.2) is 5.96 Å². The molecule has 0 aliphatic carbocycles. The van der Waals surface area contributed by atoms with E-state index in [9.17, 15) is 4.39 Å². The number of benzene rings is 1. The van der Waals surface area contributed by atoms with E-state index in [1.54, 1.807) is 14.2 Å². The van der Waals surface area contributed by atoms with Crippen molar-refractivity contribution in [3.63, 3.8) is 0 Å². The molecule has 1 aromatic rings. The van der Waals surface area contributed by atoms with E-state index in [4.69, 9.17) is 9.47 Å². The number of halogens is 2. The van der Waals surface area contributed by atoms with Gasteiger partial charge in [-0.1, -0.05) is 0 Å². The maximum absolute atomic E-state index is 13.0. The second kappa shape index (κ2) is 12.3. The number of anilines is 1. The van der Waals surface area contributed by atoms with Gasteiger partial charge in [-0.05, 0) is 24.3 Å². The van der Waals surface area contributed by atoms with Crippen molar-refractivity contribution in [3.8, 4) is 0 Å². The van der Waals surface area contributed by atoms with Crippen molar-refractivity contribution in [3.05, 3.63) is 30.1 Å². The van der Waals surface area contributed by atoms with Crippen molar-refractivity contribution in [2.24, 2.45) is 4.99 Å². The summed E-state index contributed by atoms with van der Waals surface area (Å²) < 4.78 is 23.4. The molecule has 8 heteroatoms. The maximum atomic E-state index is 13.0. The quantitative estimate of drug-likeness (QED) is 0.288. The number of rotatable bonds is 7. The average Bonchev–Trinajstić information content (AvgIpc) is 2.62. The van der Waals surface area contributed by atoms with Gasteiger partial charge in [-0.25, -0.2) is 4.39 Å². The second-order valence-electron chi connectivity index (χ2n) is 5.53. The number of hydrogen-bond acceptors (Lipinski definition) is 4. The molecule has 1 aliphatic heterocycles. The summed E-state index contributed by atoms with van der Waals surface area (Å²) in [5, 5.41) is 3.32. The molecule has 0 amide bonds. The smallest absolute Gasteiger partial charge is 0.193 e. The fourth-order valence-corrected chi connectivity index (χ4v) is 2.64. The summed E-state index contributed by atoms with van der Waals surface area (Å²) in [5.41, 5.74) is 1.06. The molecule has 0 atom stereocenters. The number of ether oxygens (including phenoxy) is 2. The van der Waals surface area contributed by atoms with Gasteiger partial charge < -0.3 is 24.6 Å². The lowest BCUT2D eigenvalue weighted by Crippen LogP contribution is -2.53. The van der Waals surface area contributed by atoms with E-state index < -0.39 is 0 Å². The lowest BCUT2D eigenvalue weighted by Gasteiger charge is -2.37. The third kappa shape index (κ3) is 7.33. The largest absolute Gasteiger partial charge is 0.382 e. The fraction of sp³-hybridized carbons (Fsp3) is 0.588. The molecule has 0 spiro atoms. The van der Waals surface area contributed by atoms with E-state index in [-0.39, 0.29) is 29.8 Å². The van der Waals surface area contributed by atoms with E-state index in [0.29, 0.717) is 26.4 Å². The van der Waals surface area contributed by atoms with Crippen molar-refractivity contribution in [2.75, 3.05) is 71.6 Å². The van der Waals surface area contributed by atoms with Crippen molar-refractivity contribution in [2.45, 2.75) is 0 Å². The minimum absolute atomic E-state index is 0. The first kappa shape index (κ1) is 21.9. The maximum Gasteiger partial charge on any atom is 0.193 e. The number of nitrogens with one attached hydrogen (secondary N) is 1. The SMILES string of the molecule is CN=C(NCCOCCOC)N1CCN(c2ccc(F)cc2)CC1.I. The molecule has 0 unspecified atom stereocenters. The Balaban J connectivity index is 0.00000312. The van der Waals surface area contributed by atoms with Gasteiger partial charge in [0, 0.05) is 52.6 Å². The third-order valence-electron chi connectivity index (χ3n) is 3.94. The molecule has 2 rings (SSSR count). The van der Waals surface area contributed by atoms with Crippen LogP contribution in [0.2, 0.25) is 0 Å². The van der Waals surface area contributed by atoms with E-state index >= 15 is 0 Å². The standard InChI is InChI=1S/C17H27FN4O2.HI/c1-19-17(20-7-12-24-14-13-23-2)22-10-8-21(9-11-22)16-5-3-15(18)4-6-16;/h3-6H,7-14H2,1-2H3,(H,19,20);1H. The summed E-state index contributed by atoms with van der Waals surface area (Å²) in [5.74, 6) is 0.693. The van der Waals surface area contributed by atoms with Gasteiger partial charge in [0.2, 0.25) is 0 Å². The number of nitrogens with zero attached hydrogens (tertiary/aromatic N) is 3. The molecule has 1 aliphatic rings. The molecule has 1 fully saturated rings. The molecule has 1 N–H and O–H groups in total. The first-order chi connectivity index (χ1) is 11.7. The number of piperazine rings is 1. The Morgan fingerprint density at radius 2 is 1.80 bits per heavy atom. The number of guanidine groups is 1. The molecule has 1 aromatic carbocycles. The highest BCUT2D eigenvalue weighted by molar-refractivity contribution is 14.0. The molecular weight excluding hydrogens is 438 g/mol. The van der Waals surface area contributed by atoms with Crippen molar-refractivity contribution in [1.82, 2.24) is 10.2 Å². The summed E-state index contributed by atoms with van der Waals surface area (Å²) in [6.07, 6.45) is 0. The summed E-state index contributed by atoms with van der Waals surface area (Å²) in [4.78, 5) is 8.83. The highest BCUT2D eigenvalue weighted by Crippen LogP contribution is 2.16. The summed E-state index contributed by atoms with van der Waals surface area (Å²) >= 11 is 0. The molecule has 142 valence electrons. The van der Waals surface area contributed by atoms with Gasteiger partial charge in [0.25, 0.3) is 0 Å². The zero-order chi connectivity index (χ0) is 17.2. The highest BCUT2D eigenvalue weighted by Gasteiger charge is 2.19. The van der Waals surface area contributed by atoms with Gasteiger partial charge in [-0.3, -0.25) is 4.99 Å². The third-order valence-corrected chi connectivity index (χ3v) is 3.94. The normalized spacial score (nSPS) is 15.1. The van der Waals surface area contributed by atoms with Crippen molar-refractivity contribution < 1.29 is 13.9 Å². The second-order valence-corrected chi connectivity index (χ2v) is 5.53. The minimum atomic E-state index is -0.199.